The quantitative estimate of drug-likeness (QED) is 0.848. The summed E-state index contributed by atoms with van der Waals surface area (Å²) in [6.07, 6.45) is 0. The number of ether oxygens (including phenoxy) is 1. The number of halogens is 1. The van der Waals surface area contributed by atoms with Crippen LogP contribution in [0.25, 0.3) is 0 Å². The van der Waals surface area contributed by atoms with Gasteiger partial charge in [-0.25, -0.2) is 17.9 Å². The zero-order valence-electron chi connectivity index (χ0n) is 10.6. The highest BCUT2D eigenvalue weighted by Crippen LogP contribution is 2.31. The van der Waals surface area contributed by atoms with E-state index >= 15 is 0 Å². The third-order valence-corrected chi connectivity index (χ3v) is 3.72. The fourth-order valence-electron chi connectivity index (χ4n) is 1.71. The van der Waals surface area contributed by atoms with Gasteiger partial charge in [-0.3, -0.25) is 0 Å². The lowest BCUT2D eigenvalue weighted by molar-refractivity contribution is 0.475. The fraction of sp³-hybridized carbons (Fsp3) is 0.0769. The number of nitrogens with two attached hydrogens (primary N) is 2. The molecule has 5 nitrogen and oxygen atoms in total. The van der Waals surface area contributed by atoms with Gasteiger partial charge < -0.3 is 10.5 Å². The molecule has 2 aromatic carbocycles. The van der Waals surface area contributed by atoms with Crippen molar-refractivity contribution in [3.05, 3.63) is 47.8 Å². The van der Waals surface area contributed by atoms with Crippen molar-refractivity contribution in [2.45, 2.75) is 11.8 Å². The third kappa shape index (κ3) is 3.06. The maximum absolute atomic E-state index is 12.8. The molecule has 0 saturated carbocycles. The Bertz CT molecular complexity index is 743. The van der Waals surface area contributed by atoms with Gasteiger partial charge in [0.2, 0.25) is 10.0 Å². The molecule has 0 aliphatic carbocycles. The highest BCUT2D eigenvalue weighted by molar-refractivity contribution is 7.89. The Kier molecular flexibility index (Phi) is 3.65. The monoisotopic (exact) mass is 296 g/mol. The lowest BCUT2D eigenvalue weighted by atomic mass is 10.2. The summed E-state index contributed by atoms with van der Waals surface area (Å²) in [4.78, 5) is -0.102. The lowest BCUT2D eigenvalue weighted by Crippen LogP contribution is -2.14. The minimum Gasteiger partial charge on any atom is -0.457 e. The van der Waals surface area contributed by atoms with Gasteiger partial charge in [0, 0.05) is 17.3 Å². The molecule has 0 radical (unpaired) electrons. The van der Waals surface area contributed by atoms with E-state index in [-0.39, 0.29) is 16.3 Å². The molecule has 0 spiro atoms. The maximum atomic E-state index is 12.8. The van der Waals surface area contributed by atoms with E-state index in [9.17, 15) is 12.8 Å². The summed E-state index contributed by atoms with van der Waals surface area (Å²) in [6.45, 7) is 1.55. The molecule has 0 saturated heterocycles. The molecule has 0 bridgehead atoms. The largest absolute Gasteiger partial charge is 0.457 e. The van der Waals surface area contributed by atoms with Crippen LogP contribution >= 0.6 is 0 Å². The molecule has 4 N–H and O–H groups in total. The van der Waals surface area contributed by atoms with Crippen LogP contribution in [0.15, 0.2) is 41.3 Å². The minimum atomic E-state index is -3.90. The van der Waals surface area contributed by atoms with Crippen LogP contribution in [0.5, 0.6) is 11.5 Å². The van der Waals surface area contributed by atoms with Gasteiger partial charge in [-0.05, 0) is 37.3 Å². The van der Waals surface area contributed by atoms with Crippen LogP contribution in [-0.2, 0) is 10.0 Å². The zero-order valence-corrected chi connectivity index (χ0v) is 11.4. The van der Waals surface area contributed by atoms with Gasteiger partial charge >= 0.3 is 0 Å². The van der Waals surface area contributed by atoms with Gasteiger partial charge in [0.05, 0.1) is 4.90 Å². The predicted molar refractivity (Wildman–Crippen MR) is 73.4 cm³/mol. The van der Waals surface area contributed by atoms with Gasteiger partial charge in [0.25, 0.3) is 0 Å². The topological polar surface area (TPSA) is 95.4 Å². The van der Waals surface area contributed by atoms with Crippen molar-refractivity contribution >= 4 is 15.7 Å². The Hall–Kier alpha value is -2.12. The average molecular weight is 296 g/mol. The summed E-state index contributed by atoms with van der Waals surface area (Å²) in [5.41, 5.74) is 6.19. The fourth-order valence-corrected chi connectivity index (χ4v) is 2.54. The molecular formula is C13H13FN2O3S. The van der Waals surface area contributed by atoms with Crippen LogP contribution in [0, 0.1) is 12.7 Å². The SMILES string of the molecule is Cc1c(Oc2ccc(F)cc2)cc(N)cc1S(N)(=O)=O. The van der Waals surface area contributed by atoms with Gasteiger partial charge in [-0.2, -0.15) is 0 Å². The number of sulfonamides is 1. The third-order valence-electron chi connectivity index (χ3n) is 2.68. The first-order valence-corrected chi connectivity index (χ1v) is 7.18. The van der Waals surface area contributed by atoms with E-state index in [1.54, 1.807) is 6.92 Å². The number of nitrogen functional groups attached to an aromatic ring is 1. The van der Waals surface area contributed by atoms with Crippen molar-refractivity contribution in [2.24, 2.45) is 5.14 Å². The first-order chi connectivity index (χ1) is 9.27. The number of primary sulfonamides is 1. The van der Waals surface area contributed by atoms with E-state index in [4.69, 9.17) is 15.6 Å². The second kappa shape index (κ2) is 5.10. The Morgan fingerprint density at radius 1 is 1.15 bits per heavy atom. The van der Waals surface area contributed by atoms with E-state index in [1.807, 2.05) is 0 Å². The van der Waals surface area contributed by atoms with Gasteiger partial charge in [-0.15, -0.1) is 0 Å². The first-order valence-electron chi connectivity index (χ1n) is 5.64. The van der Waals surface area contributed by atoms with Crippen LogP contribution in [0.4, 0.5) is 10.1 Å². The van der Waals surface area contributed by atoms with Crippen LogP contribution in [0.1, 0.15) is 5.56 Å². The van der Waals surface area contributed by atoms with Crippen LogP contribution in [0.2, 0.25) is 0 Å². The Balaban J connectivity index is 2.47. The molecule has 0 heterocycles. The normalized spacial score (nSPS) is 11.3. The summed E-state index contributed by atoms with van der Waals surface area (Å²) in [7, 11) is -3.90. The number of hydrogen-bond acceptors (Lipinski definition) is 4. The number of benzene rings is 2. The summed E-state index contributed by atoms with van der Waals surface area (Å²) < 4.78 is 41.3. The van der Waals surface area contributed by atoms with E-state index in [1.165, 1.54) is 36.4 Å². The highest BCUT2D eigenvalue weighted by Gasteiger charge is 2.16. The summed E-state index contributed by atoms with van der Waals surface area (Å²) in [6, 6.07) is 8.06. The van der Waals surface area contributed by atoms with E-state index in [2.05, 4.69) is 0 Å². The number of rotatable bonds is 3. The Morgan fingerprint density at radius 2 is 1.75 bits per heavy atom. The number of hydrogen-bond donors (Lipinski definition) is 2. The molecule has 0 aliphatic heterocycles. The summed E-state index contributed by atoms with van der Waals surface area (Å²) in [5, 5.41) is 5.12. The zero-order chi connectivity index (χ0) is 14.9. The van der Waals surface area contributed by atoms with Crippen molar-refractivity contribution in [2.75, 3.05) is 5.73 Å². The summed E-state index contributed by atoms with van der Waals surface area (Å²) in [5.74, 6) is 0.216. The molecule has 0 amide bonds. The van der Waals surface area contributed by atoms with Gasteiger partial charge in [0.15, 0.2) is 0 Å². The highest BCUT2D eigenvalue weighted by atomic mass is 32.2. The van der Waals surface area contributed by atoms with Crippen molar-refractivity contribution in [1.29, 1.82) is 0 Å². The van der Waals surface area contributed by atoms with Crippen molar-refractivity contribution in [3.63, 3.8) is 0 Å². The molecule has 0 aliphatic rings. The van der Waals surface area contributed by atoms with E-state index in [0.29, 0.717) is 11.3 Å². The van der Waals surface area contributed by atoms with E-state index in [0.717, 1.165) is 0 Å². The van der Waals surface area contributed by atoms with Gasteiger partial charge in [0.1, 0.15) is 17.3 Å². The smallest absolute Gasteiger partial charge is 0.238 e. The van der Waals surface area contributed by atoms with E-state index < -0.39 is 15.8 Å². The Morgan fingerprint density at radius 3 is 2.30 bits per heavy atom. The standard InChI is InChI=1S/C13H13FN2O3S/c1-8-12(19-11-4-2-9(14)3-5-11)6-10(15)7-13(8)20(16,17)18/h2-7H,15H2,1H3,(H2,16,17,18). The number of anilines is 1. The molecule has 0 atom stereocenters. The molecular weight excluding hydrogens is 283 g/mol. The van der Waals surface area contributed by atoms with Crippen molar-refractivity contribution < 1.29 is 17.5 Å². The molecule has 0 fully saturated rings. The molecule has 0 unspecified atom stereocenters. The molecule has 2 aromatic rings. The maximum Gasteiger partial charge on any atom is 0.238 e. The second-order valence-electron chi connectivity index (χ2n) is 4.24. The van der Waals surface area contributed by atoms with Crippen LogP contribution in [0.3, 0.4) is 0 Å². The molecule has 106 valence electrons. The molecule has 2 rings (SSSR count). The van der Waals surface area contributed by atoms with Crippen molar-refractivity contribution in [3.8, 4) is 11.5 Å². The minimum absolute atomic E-state index is 0.102. The lowest BCUT2D eigenvalue weighted by Gasteiger charge is -2.12. The average Bonchev–Trinajstić information content (AvgIpc) is 2.35. The van der Waals surface area contributed by atoms with Crippen molar-refractivity contribution in [1.82, 2.24) is 0 Å². The second-order valence-corrected chi connectivity index (χ2v) is 5.77. The molecule has 20 heavy (non-hydrogen) atoms. The molecule has 7 heteroatoms. The Labute approximate surface area is 116 Å². The first kappa shape index (κ1) is 14.3. The van der Waals surface area contributed by atoms with Gasteiger partial charge in [-0.1, -0.05) is 0 Å². The van der Waals surface area contributed by atoms with Crippen LogP contribution in [-0.4, -0.2) is 8.42 Å². The molecule has 0 aromatic heterocycles. The predicted octanol–water partition coefficient (Wildman–Crippen LogP) is 2.16. The van der Waals surface area contributed by atoms with Crippen LogP contribution < -0.4 is 15.6 Å². The summed E-state index contributed by atoms with van der Waals surface area (Å²) >= 11 is 0.